The van der Waals surface area contributed by atoms with Crippen molar-refractivity contribution in [3.05, 3.63) is 0 Å². The smallest absolute Gasteiger partial charge is 0.302 e. The lowest BCUT2D eigenvalue weighted by Gasteiger charge is -2.47. The first-order valence-electron chi connectivity index (χ1n) is 10.8. The molecule has 0 aromatic carbocycles. The van der Waals surface area contributed by atoms with Crippen molar-refractivity contribution in [3.63, 3.8) is 0 Å². The maximum absolute atomic E-state index is 12.7. The SMILES string of the molecule is CC(=O)OC1C(C)CC2C(C)COC3(C)CCC(=O)C(C)(O)CC4OC3C2C41. The molecule has 28 heavy (non-hydrogen) atoms. The molecule has 0 radical (unpaired) electrons. The molecule has 0 amide bonds. The van der Waals surface area contributed by atoms with Crippen LogP contribution in [0.5, 0.6) is 0 Å². The Labute approximate surface area is 167 Å². The predicted molar refractivity (Wildman–Crippen MR) is 101 cm³/mol. The van der Waals surface area contributed by atoms with E-state index in [2.05, 4.69) is 20.8 Å². The second kappa shape index (κ2) is 6.78. The predicted octanol–water partition coefficient (Wildman–Crippen LogP) is 2.50. The maximum Gasteiger partial charge on any atom is 0.302 e. The summed E-state index contributed by atoms with van der Waals surface area (Å²) in [5.41, 5.74) is -2.01. The van der Waals surface area contributed by atoms with Crippen LogP contribution in [0.25, 0.3) is 0 Å². The summed E-state index contributed by atoms with van der Waals surface area (Å²) in [4.78, 5) is 24.6. The van der Waals surface area contributed by atoms with Crippen LogP contribution in [0, 0.1) is 29.6 Å². The third kappa shape index (κ3) is 3.12. The first-order valence-corrected chi connectivity index (χ1v) is 10.8. The van der Waals surface area contributed by atoms with Crippen LogP contribution >= 0.6 is 0 Å². The van der Waals surface area contributed by atoms with Crippen molar-refractivity contribution in [2.24, 2.45) is 29.6 Å². The van der Waals surface area contributed by atoms with Crippen LogP contribution in [-0.4, -0.2) is 53.0 Å². The average Bonchev–Trinajstić information content (AvgIpc) is 2.94. The molecule has 0 spiro atoms. The van der Waals surface area contributed by atoms with Gasteiger partial charge in [-0.3, -0.25) is 9.59 Å². The van der Waals surface area contributed by atoms with Crippen molar-refractivity contribution in [2.75, 3.05) is 6.61 Å². The number of hydrogen-bond donors (Lipinski definition) is 1. The molecule has 1 saturated carbocycles. The van der Waals surface area contributed by atoms with Crippen LogP contribution < -0.4 is 0 Å². The van der Waals surface area contributed by atoms with Crippen LogP contribution in [0.4, 0.5) is 0 Å². The van der Waals surface area contributed by atoms with E-state index in [1.807, 2.05) is 0 Å². The Kier molecular flexibility index (Phi) is 4.91. The zero-order valence-electron chi connectivity index (χ0n) is 17.6. The number of rotatable bonds is 1. The highest BCUT2D eigenvalue weighted by Crippen LogP contribution is 2.57. The summed E-state index contributed by atoms with van der Waals surface area (Å²) >= 11 is 0. The normalized spacial score (nSPS) is 53.6. The second-order valence-electron chi connectivity index (χ2n) is 10.2. The molecule has 3 saturated heterocycles. The number of esters is 1. The maximum atomic E-state index is 12.7. The molecule has 6 nitrogen and oxygen atoms in total. The lowest BCUT2D eigenvalue weighted by molar-refractivity contribution is -0.162. The first kappa shape index (κ1) is 20.3. The largest absolute Gasteiger partial charge is 0.462 e. The highest BCUT2D eigenvalue weighted by atomic mass is 16.6. The van der Waals surface area contributed by atoms with Crippen LogP contribution in [0.1, 0.15) is 60.3 Å². The minimum atomic E-state index is -1.44. The molecule has 4 fully saturated rings. The number of ether oxygens (including phenoxy) is 3. The van der Waals surface area contributed by atoms with E-state index in [1.165, 1.54) is 6.92 Å². The van der Waals surface area contributed by atoms with Gasteiger partial charge >= 0.3 is 5.97 Å². The van der Waals surface area contributed by atoms with Gasteiger partial charge in [-0.15, -0.1) is 0 Å². The highest BCUT2D eigenvalue weighted by molar-refractivity contribution is 5.86. The van der Waals surface area contributed by atoms with Gasteiger partial charge in [0.05, 0.1) is 24.4 Å². The van der Waals surface area contributed by atoms with Gasteiger partial charge in [0.25, 0.3) is 0 Å². The third-order valence-corrected chi connectivity index (χ3v) is 7.98. The van der Waals surface area contributed by atoms with E-state index in [9.17, 15) is 14.7 Å². The van der Waals surface area contributed by atoms with Crippen LogP contribution in [0.3, 0.4) is 0 Å². The Balaban J connectivity index is 1.82. The van der Waals surface area contributed by atoms with E-state index in [-0.39, 0.29) is 60.7 Å². The number of aliphatic hydroxyl groups is 1. The van der Waals surface area contributed by atoms with E-state index in [0.717, 1.165) is 6.42 Å². The van der Waals surface area contributed by atoms with Crippen LogP contribution in [0.15, 0.2) is 0 Å². The van der Waals surface area contributed by atoms with Gasteiger partial charge in [-0.2, -0.15) is 0 Å². The summed E-state index contributed by atoms with van der Waals surface area (Å²) in [7, 11) is 0. The highest BCUT2D eigenvalue weighted by Gasteiger charge is 2.64. The second-order valence-corrected chi connectivity index (χ2v) is 10.2. The van der Waals surface area contributed by atoms with Crippen molar-refractivity contribution < 1.29 is 28.9 Å². The summed E-state index contributed by atoms with van der Waals surface area (Å²) in [6.07, 6.45) is 1.31. The Morgan fingerprint density at radius 1 is 1.21 bits per heavy atom. The van der Waals surface area contributed by atoms with Crippen LogP contribution in [-0.2, 0) is 23.8 Å². The van der Waals surface area contributed by atoms with Gasteiger partial charge in [0, 0.05) is 25.7 Å². The fraction of sp³-hybridized carbons (Fsp3) is 0.909. The standard InChI is InChI=1S/C22H34O6/c1-11-8-14-12(2)10-26-22(5)7-6-16(24)21(4,25)9-15-18(17(14)20(22)28-15)19(11)27-13(3)23/h11-12,14-15,17-20,25H,6-10H2,1-5H3. The van der Waals surface area contributed by atoms with Gasteiger partial charge < -0.3 is 19.3 Å². The van der Waals surface area contributed by atoms with Crippen molar-refractivity contribution >= 4 is 11.8 Å². The molecule has 3 aliphatic heterocycles. The van der Waals surface area contributed by atoms with E-state index in [0.29, 0.717) is 24.9 Å². The van der Waals surface area contributed by atoms with Gasteiger partial charge in [0.1, 0.15) is 11.7 Å². The van der Waals surface area contributed by atoms with E-state index in [4.69, 9.17) is 14.2 Å². The lowest BCUT2D eigenvalue weighted by atomic mass is 9.59. The first-order chi connectivity index (χ1) is 13.0. The number of Topliss-reactive ketones (excluding diaryl/α,β-unsaturated/α-hetero) is 1. The van der Waals surface area contributed by atoms with Gasteiger partial charge in [0.15, 0.2) is 5.78 Å². The number of carbonyl (C=O) groups excluding carboxylic acids is 2. The topological polar surface area (TPSA) is 82.1 Å². The molecular formula is C22H34O6. The summed E-state index contributed by atoms with van der Waals surface area (Å²) in [6, 6.07) is 0. The summed E-state index contributed by atoms with van der Waals surface area (Å²) < 4.78 is 18.8. The zero-order valence-corrected chi connectivity index (χ0v) is 17.6. The molecule has 10 unspecified atom stereocenters. The van der Waals surface area contributed by atoms with Gasteiger partial charge in [-0.1, -0.05) is 13.8 Å². The average molecular weight is 395 g/mol. The number of ketones is 1. The minimum absolute atomic E-state index is 0.0245. The molecule has 4 aliphatic rings. The molecule has 6 heteroatoms. The molecule has 4 rings (SSSR count). The molecule has 2 bridgehead atoms. The van der Waals surface area contributed by atoms with Gasteiger partial charge in [-0.05, 0) is 50.4 Å². The van der Waals surface area contributed by atoms with Crippen molar-refractivity contribution in [1.29, 1.82) is 0 Å². The quantitative estimate of drug-likeness (QED) is 0.688. The van der Waals surface area contributed by atoms with Crippen molar-refractivity contribution in [1.82, 2.24) is 0 Å². The van der Waals surface area contributed by atoms with E-state index < -0.39 is 11.2 Å². The van der Waals surface area contributed by atoms with Gasteiger partial charge in [0.2, 0.25) is 0 Å². The molecule has 10 atom stereocenters. The molecule has 0 aromatic heterocycles. The van der Waals surface area contributed by atoms with Crippen LogP contribution in [0.2, 0.25) is 0 Å². The molecule has 0 aromatic rings. The Bertz CT molecular complexity index is 659. The molecule has 158 valence electrons. The molecular weight excluding hydrogens is 360 g/mol. The number of fused-ring (bicyclic) bond motifs is 2. The van der Waals surface area contributed by atoms with Crippen molar-refractivity contribution in [3.8, 4) is 0 Å². The van der Waals surface area contributed by atoms with E-state index in [1.54, 1.807) is 6.92 Å². The molecule has 3 heterocycles. The fourth-order valence-electron chi connectivity index (χ4n) is 6.47. The van der Waals surface area contributed by atoms with E-state index >= 15 is 0 Å². The lowest BCUT2D eigenvalue weighted by Crippen LogP contribution is -2.53. The van der Waals surface area contributed by atoms with Crippen molar-refractivity contribution in [2.45, 2.75) is 89.8 Å². The third-order valence-electron chi connectivity index (χ3n) is 7.98. The summed E-state index contributed by atoms with van der Waals surface area (Å²) in [5.74, 6) is 0.733. The summed E-state index contributed by atoms with van der Waals surface area (Å²) in [6.45, 7) is 10.1. The minimum Gasteiger partial charge on any atom is -0.462 e. The number of hydrogen-bond acceptors (Lipinski definition) is 6. The molecule has 1 aliphatic carbocycles. The van der Waals surface area contributed by atoms with Gasteiger partial charge in [-0.25, -0.2) is 0 Å². The zero-order chi connectivity index (χ0) is 20.4. The Morgan fingerprint density at radius 3 is 2.61 bits per heavy atom. The molecule has 1 N–H and O–H groups in total. The summed E-state index contributed by atoms with van der Waals surface area (Å²) in [5, 5.41) is 10.9. The monoisotopic (exact) mass is 394 g/mol. The Hall–Kier alpha value is -0.980. The Morgan fingerprint density at radius 2 is 1.93 bits per heavy atom. The number of carbonyl (C=O) groups is 2. The fourth-order valence-corrected chi connectivity index (χ4v) is 6.47.